The van der Waals surface area contributed by atoms with Crippen LogP contribution in [0, 0.1) is 0 Å². The van der Waals surface area contributed by atoms with Gasteiger partial charge in [0, 0.05) is 4.47 Å². The fourth-order valence-corrected chi connectivity index (χ4v) is 1.96. The molecule has 1 aromatic rings. The molecule has 1 aromatic carbocycles. The van der Waals surface area contributed by atoms with Crippen LogP contribution in [0.3, 0.4) is 0 Å². The lowest BCUT2D eigenvalue weighted by Gasteiger charge is -2.24. The summed E-state index contributed by atoms with van der Waals surface area (Å²) in [5, 5.41) is 0. The van der Waals surface area contributed by atoms with Gasteiger partial charge in [0.2, 0.25) is 0 Å². The number of rotatable bonds is 5. The minimum Gasteiger partial charge on any atom is -0.494 e. The Kier molecular flexibility index (Phi) is 4.98. The minimum absolute atomic E-state index is 0.0937. The summed E-state index contributed by atoms with van der Waals surface area (Å²) in [7, 11) is 0. The second-order valence-corrected chi connectivity index (χ2v) is 4.42. The van der Waals surface area contributed by atoms with Crippen LogP contribution < -0.4 is 10.5 Å². The average molecular weight is 330 g/mol. The Balaban J connectivity index is 3.03. The Hall–Kier alpha value is -0.820. The van der Waals surface area contributed by atoms with Gasteiger partial charge < -0.3 is 10.5 Å². The van der Waals surface area contributed by atoms with E-state index in [1.807, 2.05) is 0 Å². The zero-order valence-electron chi connectivity index (χ0n) is 9.47. The van der Waals surface area contributed by atoms with Crippen molar-refractivity contribution in [1.29, 1.82) is 0 Å². The molecule has 102 valence electrons. The van der Waals surface area contributed by atoms with Gasteiger partial charge in [0.15, 0.2) is 0 Å². The highest BCUT2D eigenvalue weighted by atomic mass is 79.9. The highest BCUT2D eigenvalue weighted by molar-refractivity contribution is 9.10. The molecule has 0 amide bonds. The van der Waals surface area contributed by atoms with Gasteiger partial charge in [-0.3, -0.25) is 0 Å². The van der Waals surface area contributed by atoms with Crippen LogP contribution in [0.1, 0.15) is 18.5 Å². The van der Waals surface area contributed by atoms with Crippen molar-refractivity contribution in [2.24, 2.45) is 5.73 Å². The molecule has 1 unspecified atom stereocenters. The summed E-state index contributed by atoms with van der Waals surface area (Å²) in [6.07, 6.45) is -3.81. The van der Waals surface area contributed by atoms with Gasteiger partial charge in [-0.25, -0.2) is 8.78 Å². The molecular weight excluding hydrogens is 318 g/mol. The maximum absolute atomic E-state index is 13.1. The highest BCUT2D eigenvalue weighted by Gasteiger charge is 2.48. The van der Waals surface area contributed by atoms with Gasteiger partial charge in [0.25, 0.3) is 0 Å². The topological polar surface area (TPSA) is 35.2 Å². The molecule has 0 saturated carbocycles. The number of ether oxygens (including phenoxy) is 1. The van der Waals surface area contributed by atoms with Crippen LogP contribution >= 0.6 is 15.9 Å². The van der Waals surface area contributed by atoms with Crippen LogP contribution in [0.5, 0.6) is 5.75 Å². The highest BCUT2D eigenvalue weighted by Crippen LogP contribution is 2.38. The van der Waals surface area contributed by atoms with Crippen molar-refractivity contribution < 1.29 is 22.3 Å². The van der Waals surface area contributed by atoms with Crippen LogP contribution in [0.25, 0.3) is 0 Å². The Morgan fingerprint density at radius 2 is 2.00 bits per heavy atom. The molecule has 0 bridgehead atoms. The fourth-order valence-electron chi connectivity index (χ4n) is 1.36. The lowest BCUT2D eigenvalue weighted by Crippen LogP contribution is -2.39. The van der Waals surface area contributed by atoms with Crippen molar-refractivity contribution in [2.75, 3.05) is 6.61 Å². The normalized spacial score (nSPS) is 13.8. The first-order valence-electron chi connectivity index (χ1n) is 5.14. The number of nitrogens with two attached hydrogens (primary N) is 1. The van der Waals surface area contributed by atoms with E-state index in [0.717, 1.165) is 0 Å². The summed E-state index contributed by atoms with van der Waals surface area (Å²) in [5.41, 5.74) is 5.10. The van der Waals surface area contributed by atoms with E-state index in [2.05, 4.69) is 15.9 Å². The molecule has 0 saturated heterocycles. The van der Waals surface area contributed by atoms with Crippen LogP contribution in [0.2, 0.25) is 0 Å². The SMILES string of the molecule is CCOc1ccc(C(N)C(F)(F)C(F)F)c(Br)c1. The third-order valence-electron chi connectivity index (χ3n) is 2.32. The summed E-state index contributed by atoms with van der Waals surface area (Å²) in [6.45, 7) is 2.17. The van der Waals surface area contributed by atoms with E-state index >= 15 is 0 Å². The molecule has 0 radical (unpaired) electrons. The summed E-state index contributed by atoms with van der Waals surface area (Å²) < 4.78 is 56.0. The van der Waals surface area contributed by atoms with E-state index < -0.39 is 18.4 Å². The molecule has 0 aromatic heterocycles. The number of hydrogen-bond donors (Lipinski definition) is 1. The largest absolute Gasteiger partial charge is 0.494 e. The lowest BCUT2D eigenvalue weighted by atomic mass is 10.0. The molecule has 0 fully saturated rings. The van der Waals surface area contributed by atoms with Crippen molar-refractivity contribution in [3.63, 3.8) is 0 Å². The second-order valence-electron chi connectivity index (χ2n) is 3.57. The molecule has 0 aliphatic carbocycles. The van der Waals surface area contributed by atoms with Crippen LogP contribution in [0.15, 0.2) is 22.7 Å². The van der Waals surface area contributed by atoms with Gasteiger partial charge >= 0.3 is 12.3 Å². The van der Waals surface area contributed by atoms with Gasteiger partial charge in [-0.2, -0.15) is 8.78 Å². The number of hydrogen-bond acceptors (Lipinski definition) is 2. The van der Waals surface area contributed by atoms with Gasteiger partial charge in [-0.05, 0) is 24.6 Å². The van der Waals surface area contributed by atoms with Crippen LogP contribution in [-0.4, -0.2) is 19.0 Å². The third kappa shape index (κ3) is 3.14. The average Bonchev–Trinajstić information content (AvgIpc) is 2.28. The summed E-state index contributed by atoms with van der Waals surface area (Å²) in [6, 6.07) is 1.99. The maximum atomic E-state index is 13.1. The Labute approximate surface area is 110 Å². The van der Waals surface area contributed by atoms with E-state index in [-0.39, 0.29) is 10.0 Å². The zero-order valence-corrected chi connectivity index (χ0v) is 11.1. The standard InChI is InChI=1S/C11H12BrF4NO/c1-2-18-6-3-4-7(8(12)5-6)9(17)11(15,16)10(13)14/h3-5,9-10H,2,17H2,1H3. The maximum Gasteiger partial charge on any atom is 0.326 e. The quantitative estimate of drug-likeness (QED) is 0.835. The predicted octanol–water partition coefficient (Wildman–Crippen LogP) is 3.75. The number of benzene rings is 1. The Bertz CT molecular complexity index is 414. The molecule has 2 N–H and O–H groups in total. The Morgan fingerprint density at radius 3 is 2.44 bits per heavy atom. The van der Waals surface area contributed by atoms with Crippen molar-refractivity contribution in [2.45, 2.75) is 25.3 Å². The number of halogens is 5. The first-order valence-corrected chi connectivity index (χ1v) is 5.93. The molecule has 0 spiro atoms. The molecule has 0 heterocycles. The molecule has 0 aliphatic rings. The number of alkyl halides is 4. The molecule has 0 aliphatic heterocycles. The zero-order chi connectivity index (χ0) is 13.9. The molecule has 1 atom stereocenters. The van der Waals surface area contributed by atoms with Gasteiger partial charge in [0.05, 0.1) is 6.61 Å². The first kappa shape index (κ1) is 15.2. The van der Waals surface area contributed by atoms with E-state index in [1.54, 1.807) is 6.92 Å². The Morgan fingerprint density at radius 1 is 1.39 bits per heavy atom. The first-order chi connectivity index (χ1) is 8.30. The van der Waals surface area contributed by atoms with Gasteiger partial charge in [-0.1, -0.05) is 22.0 Å². The van der Waals surface area contributed by atoms with Gasteiger partial charge in [-0.15, -0.1) is 0 Å². The molecule has 18 heavy (non-hydrogen) atoms. The smallest absolute Gasteiger partial charge is 0.326 e. The minimum atomic E-state index is -4.28. The second kappa shape index (κ2) is 5.88. The fraction of sp³-hybridized carbons (Fsp3) is 0.455. The van der Waals surface area contributed by atoms with Gasteiger partial charge in [0.1, 0.15) is 11.8 Å². The molecule has 2 nitrogen and oxygen atoms in total. The van der Waals surface area contributed by atoms with Crippen molar-refractivity contribution in [3.05, 3.63) is 28.2 Å². The van der Waals surface area contributed by atoms with E-state index in [1.165, 1.54) is 18.2 Å². The summed E-state index contributed by atoms with van der Waals surface area (Å²) >= 11 is 3.02. The van der Waals surface area contributed by atoms with E-state index in [0.29, 0.717) is 12.4 Å². The van der Waals surface area contributed by atoms with Crippen molar-refractivity contribution in [1.82, 2.24) is 0 Å². The molecule has 7 heteroatoms. The lowest BCUT2D eigenvalue weighted by molar-refractivity contribution is -0.144. The molecule has 1 rings (SSSR count). The van der Waals surface area contributed by atoms with E-state index in [9.17, 15) is 17.6 Å². The summed E-state index contributed by atoms with van der Waals surface area (Å²) in [4.78, 5) is 0. The van der Waals surface area contributed by atoms with Crippen LogP contribution in [-0.2, 0) is 0 Å². The van der Waals surface area contributed by atoms with Crippen LogP contribution in [0.4, 0.5) is 17.6 Å². The predicted molar refractivity (Wildman–Crippen MR) is 63.2 cm³/mol. The monoisotopic (exact) mass is 329 g/mol. The van der Waals surface area contributed by atoms with E-state index in [4.69, 9.17) is 10.5 Å². The third-order valence-corrected chi connectivity index (χ3v) is 3.01. The van der Waals surface area contributed by atoms with Crippen molar-refractivity contribution >= 4 is 15.9 Å². The molecular formula is C11H12BrF4NO. The van der Waals surface area contributed by atoms with Crippen molar-refractivity contribution in [3.8, 4) is 5.75 Å². The summed E-state index contributed by atoms with van der Waals surface area (Å²) in [5.74, 6) is -3.84.